The van der Waals surface area contributed by atoms with Crippen molar-refractivity contribution in [1.82, 2.24) is 14.9 Å². The summed E-state index contributed by atoms with van der Waals surface area (Å²) in [5.41, 5.74) is 2.26. The standard InChI is InChI=1S/C15H19N3O2/c1-3-18-10-17-7-11(18)8-19-12-4-5-13-14(16-2)9-20-15(13)6-12/h4-7,10,14,16H,3,8-9H2,1-2H3. The monoisotopic (exact) mass is 273 g/mol. The molecule has 1 aliphatic rings. The Labute approximate surface area is 118 Å². The van der Waals surface area contributed by atoms with Crippen molar-refractivity contribution >= 4 is 0 Å². The van der Waals surface area contributed by atoms with E-state index in [0.717, 1.165) is 23.7 Å². The van der Waals surface area contributed by atoms with Crippen LogP contribution in [0.15, 0.2) is 30.7 Å². The molecule has 0 saturated carbocycles. The molecule has 1 N–H and O–H groups in total. The number of nitrogens with zero attached hydrogens (tertiary/aromatic N) is 2. The van der Waals surface area contributed by atoms with Gasteiger partial charge in [0.15, 0.2) is 0 Å². The van der Waals surface area contributed by atoms with Crippen LogP contribution in [-0.4, -0.2) is 23.2 Å². The van der Waals surface area contributed by atoms with Crippen molar-refractivity contribution in [2.45, 2.75) is 26.1 Å². The average Bonchev–Trinajstić information content (AvgIpc) is 3.10. The number of hydrogen-bond acceptors (Lipinski definition) is 4. The van der Waals surface area contributed by atoms with E-state index in [0.29, 0.717) is 13.2 Å². The number of nitrogens with one attached hydrogen (secondary N) is 1. The number of rotatable bonds is 5. The Morgan fingerprint density at radius 1 is 1.50 bits per heavy atom. The van der Waals surface area contributed by atoms with Crippen LogP contribution in [0.4, 0.5) is 0 Å². The lowest BCUT2D eigenvalue weighted by Gasteiger charge is -2.10. The molecule has 1 aliphatic heterocycles. The van der Waals surface area contributed by atoms with Gasteiger partial charge in [-0.2, -0.15) is 0 Å². The van der Waals surface area contributed by atoms with Crippen LogP contribution in [0.5, 0.6) is 11.5 Å². The predicted molar refractivity (Wildman–Crippen MR) is 76.0 cm³/mol. The number of aromatic nitrogens is 2. The Balaban J connectivity index is 1.70. The molecule has 2 heterocycles. The molecule has 0 aliphatic carbocycles. The Morgan fingerprint density at radius 3 is 3.20 bits per heavy atom. The summed E-state index contributed by atoms with van der Waals surface area (Å²) in [6, 6.07) is 6.29. The van der Waals surface area contributed by atoms with Gasteiger partial charge in [-0.3, -0.25) is 0 Å². The molecule has 0 amide bonds. The van der Waals surface area contributed by atoms with Crippen molar-refractivity contribution in [3.05, 3.63) is 42.0 Å². The summed E-state index contributed by atoms with van der Waals surface area (Å²) in [6.07, 6.45) is 3.66. The molecular weight excluding hydrogens is 254 g/mol. The van der Waals surface area contributed by atoms with Gasteiger partial charge in [0.05, 0.1) is 24.3 Å². The van der Waals surface area contributed by atoms with Crippen LogP contribution in [0, 0.1) is 0 Å². The summed E-state index contributed by atoms with van der Waals surface area (Å²) in [6.45, 7) is 4.18. The first kappa shape index (κ1) is 13.0. The molecular formula is C15H19N3O2. The molecule has 0 radical (unpaired) electrons. The SMILES string of the molecule is CCn1cncc1COc1ccc2c(c1)OCC2NC. The number of likely N-dealkylation sites (N-methyl/N-ethyl adjacent to an activating group) is 1. The average molecular weight is 273 g/mol. The fourth-order valence-electron chi connectivity index (χ4n) is 2.43. The van der Waals surface area contributed by atoms with E-state index < -0.39 is 0 Å². The van der Waals surface area contributed by atoms with E-state index in [1.165, 1.54) is 5.56 Å². The minimum Gasteiger partial charge on any atom is -0.491 e. The second kappa shape index (κ2) is 5.54. The molecule has 0 bridgehead atoms. The van der Waals surface area contributed by atoms with Crippen molar-refractivity contribution in [3.8, 4) is 11.5 Å². The third-order valence-electron chi connectivity index (χ3n) is 3.64. The van der Waals surface area contributed by atoms with E-state index in [4.69, 9.17) is 9.47 Å². The van der Waals surface area contributed by atoms with Crippen molar-refractivity contribution in [2.75, 3.05) is 13.7 Å². The highest BCUT2D eigenvalue weighted by Gasteiger charge is 2.22. The van der Waals surface area contributed by atoms with Crippen LogP contribution in [0.3, 0.4) is 0 Å². The van der Waals surface area contributed by atoms with Gasteiger partial charge in [0.2, 0.25) is 0 Å². The molecule has 0 spiro atoms. The first-order chi connectivity index (χ1) is 9.81. The quantitative estimate of drug-likeness (QED) is 0.906. The first-order valence-electron chi connectivity index (χ1n) is 6.87. The second-order valence-corrected chi connectivity index (χ2v) is 4.81. The second-order valence-electron chi connectivity index (χ2n) is 4.81. The Morgan fingerprint density at radius 2 is 2.40 bits per heavy atom. The van der Waals surface area contributed by atoms with Gasteiger partial charge in [0, 0.05) is 18.2 Å². The Kier molecular flexibility index (Phi) is 3.60. The van der Waals surface area contributed by atoms with Gasteiger partial charge in [-0.15, -0.1) is 0 Å². The van der Waals surface area contributed by atoms with Crippen molar-refractivity contribution in [3.63, 3.8) is 0 Å². The Hall–Kier alpha value is -2.01. The summed E-state index contributed by atoms with van der Waals surface area (Å²) in [4.78, 5) is 4.13. The molecule has 3 rings (SSSR count). The number of aryl methyl sites for hydroxylation is 1. The molecule has 20 heavy (non-hydrogen) atoms. The number of ether oxygens (including phenoxy) is 2. The van der Waals surface area contributed by atoms with Crippen molar-refractivity contribution < 1.29 is 9.47 Å². The minimum absolute atomic E-state index is 0.278. The van der Waals surface area contributed by atoms with E-state index in [1.807, 2.05) is 31.7 Å². The predicted octanol–water partition coefficient (Wildman–Crippen LogP) is 2.13. The van der Waals surface area contributed by atoms with Gasteiger partial charge in [-0.1, -0.05) is 0 Å². The molecule has 1 aromatic heterocycles. The van der Waals surface area contributed by atoms with Crippen molar-refractivity contribution in [1.29, 1.82) is 0 Å². The summed E-state index contributed by atoms with van der Waals surface area (Å²) in [5, 5.41) is 3.23. The highest BCUT2D eigenvalue weighted by molar-refractivity contribution is 5.45. The van der Waals surface area contributed by atoms with Crippen LogP contribution in [0.1, 0.15) is 24.2 Å². The number of benzene rings is 1. The maximum Gasteiger partial charge on any atom is 0.130 e. The molecule has 0 fully saturated rings. The van der Waals surface area contributed by atoms with E-state index in [-0.39, 0.29) is 6.04 Å². The summed E-state index contributed by atoms with van der Waals surface area (Å²) < 4.78 is 13.6. The lowest BCUT2D eigenvalue weighted by molar-refractivity contribution is 0.290. The molecule has 2 aromatic rings. The molecule has 1 aromatic carbocycles. The minimum atomic E-state index is 0.278. The molecule has 106 valence electrons. The van der Waals surface area contributed by atoms with E-state index in [2.05, 4.69) is 27.9 Å². The smallest absolute Gasteiger partial charge is 0.130 e. The molecule has 5 heteroatoms. The summed E-state index contributed by atoms with van der Waals surface area (Å²) >= 11 is 0. The number of fused-ring (bicyclic) bond motifs is 1. The molecule has 5 nitrogen and oxygen atoms in total. The van der Waals surface area contributed by atoms with Crippen LogP contribution in [0.2, 0.25) is 0 Å². The third-order valence-corrected chi connectivity index (χ3v) is 3.64. The van der Waals surface area contributed by atoms with Crippen LogP contribution in [-0.2, 0) is 13.2 Å². The Bertz CT molecular complexity index is 595. The fraction of sp³-hybridized carbons (Fsp3) is 0.400. The van der Waals surface area contributed by atoms with E-state index in [9.17, 15) is 0 Å². The maximum atomic E-state index is 5.83. The maximum absolute atomic E-state index is 5.83. The largest absolute Gasteiger partial charge is 0.491 e. The fourth-order valence-corrected chi connectivity index (χ4v) is 2.43. The normalized spacial score (nSPS) is 16.8. The summed E-state index contributed by atoms with van der Waals surface area (Å²) in [7, 11) is 1.94. The number of imidazole rings is 1. The van der Waals surface area contributed by atoms with Gasteiger partial charge < -0.3 is 19.4 Å². The van der Waals surface area contributed by atoms with Crippen molar-refractivity contribution in [2.24, 2.45) is 0 Å². The first-order valence-corrected chi connectivity index (χ1v) is 6.87. The van der Waals surface area contributed by atoms with Gasteiger partial charge in [0.1, 0.15) is 24.7 Å². The van der Waals surface area contributed by atoms with Crippen LogP contribution < -0.4 is 14.8 Å². The molecule has 1 unspecified atom stereocenters. The van der Waals surface area contributed by atoms with Crippen LogP contribution >= 0.6 is 0 Å². The summed E-state index contributed by atoms with van der Waals surface area (Å²) in [5.74, 6) is 1.73. The number of hydrogen-bond donors (Lipinski definition) is 1. The lowest BCUT2D eigenvalue weighted by Crippen LogP contribution is -2.17. The van der Waals surface area contributed by atoms with Crippen LogP contribution in [0.25, 0.3) is 0 Å². The third kappa shape index (κ3) is 2.36. The zero-order chi connectivity index (χ0) is 13.9. The van der Waals surface area contributed by atoms with Gasteiger partial charge in [-0.25, -0.2) is 4.98 Å². The zero-order valence-corrected chi connectivity index (χ0v) is 11.8. The molecule has 0 saturated heterocycles. The lowest BCUT2D eigenvalue weighted by atomic mass is 10.1. The zero-order valence-electron chi connectivity index (χ0n) is 11.8. The van der Waals surface area contributed by atoms with E-state index in [1.54, 1.807) is 0 Å². The molecule has 1 atom stereocenters. The van der Waals surface area contributed by atoms with Gasteiger partial charge >= 0.3 is 0 Å². The van der Waals surface area contributed by atoms with E-state index >= 15 is 0 Å². The van der Waals surface area contributed by atoms with Gasteiger partial charge in [-0.05, 0) is 26.1 Å². The van der Waals surface area contributed by atoms with Gasteiger partial charge in [0.25, 0.3) is 0 Å². The highest BCUT2D eigenvalue weighted by atomic mass is 16.5. The highest BCUT2D eigenvalue weighted by Crippen LogP contribution is 2.35. The topological polar surface area (TPSA) is 48.3 Å².